The molecule has 2 aromatic carbocycles. The van der Waals surface area contributed by atoms with E-state index >= 15 is 0 Å². The lowest BCUT2D eigenvalue weighted by molar-refractivity contribution is 0.283. The Bertz CT molecular complexity index is 950. The van der Waals surface area contributed by atoms with E-state index in [1.54, 1.807) is 23.6 Å². The number of nitrogens with one attached hydrogen (secondary N) is 1. The van der Waals surface area contributed by atoms with Crippen LogP contribution in [0.4, 0.5) is 0 Å². The van der Waals surface area contributed by atoms with Crippen LogP contribution >= 0.6 is 27.7 Å². The maximum Gasteiger partial charge on any atom is 0.209 e. The molecule has 0 bridgehead atoms. The number of ether oxygens (including phenoxy) is 2. The molecule has 0 aliphatic carbocycles. The third-order valence-corrected chi connectivity index (χ3v) is 6.13. The standard InChI is InChI=1S/C20H24BrN5O2S/c1-14-6-4-5-7-15(14)13-28-19-11-17(21)16(10-18(19)27-3)12-22-8-9-29-20-23-24-25-26(20)2/h4-7,10-11,22H,8-9,12-13H2,1-3H3. The number of methoxy groups -OCH3 is 1. The number of tetrazole rings is 1. The molecular weight excluding hydrogens is 454 g/mol. The van der Waals surface area contributed by atoms with Gasteiger partial charge in [0.1, 0.15) is 6.61 Å². The molecule has 0 saturated heterocycles. The maximum atomic E-state index is 6.03. The second kappa shape index (κ2) is 10.6. The number of hydrogen-bond donors (Lipinski definition) is 1. The summed E-state index contributed by atoms with van der Waals surface area (Å²) in [6.07, 6.45) is 0. The highest BCUT2D eigenvalue weighted by Gasteiger charge is 2.11. The number of thioether (sulfide) groups is 1. The molecule has 3 aromatic rings. The second-order valence-corrected chi connectivity index (χ2v) is 8.34. The largest absolute Gasteiger partial charge is 0.493 e. The molecule has 0 atom stereocenters. The summed E-state index contributed by atoms with van der Waals surface area (Å²) in [7, 11) is 3.49. The van der Waals surface area contributed by atoms with Gasteiger partial charge < -0.3 is 14.8 Å². The van der Waals surface area contributed by atoms with E-state index in [1.807, 2.05) is 31.3 Å². The molecule has 7 nitrogen and oxygen atoms in total. The highest BCUT2D eigenvalue weighted by atomic mass is 79.9. The highest BCUT2D eigenvalue weighted by molar-refractivity contribution is 9.10. The van der Waals surface area contributed by atoms with Gasteiger partial charge in [0, 0.05) is 30.4 Å². The van der Waals surface area contributed by atoms with Crippen molar-refractivity contribution in [3.8, 4) is 11.5 Å². The van der Waals surface area contributed by atoms with Crippen LogP contribution in [0.5, 0.6) is 11.5 Å². The first-order valence-electron chi connectivity index (χ1n) is 9.18. The molecule has 3 rings (SSSR count). The fourth-order valence-corrected chi connectivity index (χ4v) is 3.90. The topological polar surface area (TPSA) is 74.1 Å². The minimum atomic E-state index is 0.501. The minimum absolute atomic E-state index is 0.501. The molecule has 0 fully saturated rings. The van der Waals surface area contributed by atoms with Crippen LogP contribution in [0.25, 0.3) is 0 Å². The van der Waals surface area contributed by atoms with Crippen LogP contribution in [0.2, 0.25) is 0 Å². The summed E-state index contributed by atoms with van der Waals surface area (Å²) < 4.78 is 14.2. The maximum absolute atomic E-state index is 6.03. The van der Waals surface area contributed by atoms with E-state index < -0.39 is 0 Å². The first-order valence-corrected chi connectivity index (χ1v) is 11.0. The molecule has 154 valence electrons. The lowest BCUT2D eigenvalue weighted by atomic mass is 10.1. The monoisotopic (exact) mass is 477 g/mol. The fourth-order valence-electron chi connectivity index (χ4n) is 2.69. The predicted octanol–water partition coefficient (Wildman–Crippen LogP) is 3.75. The Morgan fingerprint density at radius 1 is 1.17 bits per heavy atom. The van der Waals surface area contributed by atoms with Gasteiger partial charge in [-0.2, -0.15) is 0 Å². The summed E-state index contributed by atoms with van der Waals surface area (Å²) in [4.78, 5) is 0. The Balaban J connectivity index is 1.54. The number of aromatic nitrogens is 4. The Labute approximate surface area is 183 Å². The highest BCUT2D eigenvalue weighted by Crippen LogP contribution is 2.34. The second-order valence-electron chi connectivity index (χ2n) is 6.42. The van der Waals surface area contributed by atoms with Crippen LogP contribution in [0, 0.1) is 6.92 Å². The Hall–Kier alpha value is -2.10. The van der Waals surface area contributed by atoms with E-state index in [2.05, 4.69) is 55.8 Å². The third kappa shape index (κ3) is 5.94. The van der Waals surface area contributed by atoms with Gasteiger partial charge in [0.25, 0.3) is 0 Å². The number of halogens is 1. The number of hydrogen-bond acceptors (Lipinski definition) is 7. The van der Waals surface area contributed by atoms with E-state index in [4.69, 9.17) is 9.47 Å². The molecule has 0 unspecified atom stereocenters. The Kier molecular flexibility index (Phi) is 7.91. The predicted molar refractivity (Wildman–Crippen MR) is 117 cm³/mol. The van der Waals surface area contributed by atoms with Crippen LogP contribution < -0.4 is 14.8 Å². The van der Waals surface area contributed by atoms with E-state index in [1.165, 1.54) is 5.56 Å². The van der Waals surface area contributed by atoms with Crippen LogP contribution in [0.15, 0.2) is 46.0 Å². The van der Waals surface area contributed by atoms with E-state index in [0.29, 0.717) is 13.2 Å². The van der Waals surface area contributed by atoms with Crippen LogP contribution in [0.3, 0.4) is 0 Å². The van der Waals surface area contributed by atoms with Crippen molar-refractivity contribution in [2.75, 3.05) is 19.4 Å². The van der Waals surface area contributed by atoms with Crippen LogP contribution in [0.1, 0.15) is 16.7 Å². The van der Waals surface area contributed by atoms with Crippen molar-refractivity contribution in [3.05, 3.63) is 57.6 Å². The Morgan fingerprint density at radius 2 is 2.00 bits per heavy atom. The SMILES string of the molecule is COc1cc(CNCCSc2nnnn2C)c(Br)cc1OCc1ccccc1C. The zero-order chi connectivity index (χ0) is 20.6. The zero-order valence-corrected chi connectivity index (χ0v) is 19.1. The van der Waals surface area contributed by atoms with Crippen molar-refractivity contribution < 1.29 is 9.47 Å². The summed E-state index contributed by atoms with van der Waals surface area (Å²) in [5.41, 5.74) is 3.48. The molecule has 0 spiro atoms. The summed E-state index contributed by atoms with van der Waals surface area (Å²) in [6.45, 7) is 4.13. The van der Waals surface area contributed by atoms with Gasteiger partial charge in [-0.1, -0.05) is 52.0 Å². The number of aryl methyl sites for hydroxylation is 2. The molecule has 0 aliphatic heterocycles. The molecule has 0 aliphatic rings. The lowest BCUT2D eigenvalue weighted by Gasteiger charge is -2.15. The molecular formula is C20H24BrN5O2S. The molecule has 1 heterocycles. The van der Waals surface area contributed by atoms with Gasteiger partial charge in [-0.3, -0.25) is 0 Å². The first-order chi connectivity index (χ1) is 14.1. The zero-order valence-electron chi connectivity index (χ0n) is 16.7. The molecule has 9 heteroatoms. The number of nitrogens with zero attached hydrogens (tertiary/aromatic N) is 4. The molecule has 0 radical (unpaired) electrons. The van der Waals surface area contributed by atoms with Gasteiger partial charge in [0.15, 0.2) is 11.5 Å². The van der Waals surface area contributed by atoms with E-state index in [-0.39, 0.29) is 0 Å². The first kappa shape index (κ1) is 21.6. The molecule has 0 saturated carbocycles. The third-order valence-electron chi connectivity index (χ3n) is 4.38. The average Bonchev–Trinajstić information content (AvgIpc) is 3.13. The van der Waals surface area contributed by atoms with Gasteiger partial charge in [-0.05, 0) is 46.2 Å². The van der Waals surface area contributed by atoms with Crippen molar-refractivity contribution in [1.82, 2.24) is 25.5 Å². The van der Waals surface area contributed by atoms with Gasteiger partial charge >= 0.3 is 0 Å². The quantitative estimate of drug-likeness (QED) is 0.352. The van der Waals surface area contributed by atoms with Crippen molar-refractivity contribution in [3.63, 3.8) is 0 Å². The van der Waals surface area contributed by atoms with Gasteiger partial charge in [-0.15, -0.1) is 5.10 Å². The summed E-state index contributed by atoms with van der Waals surface area (Å²) >= 11 is 5.27. The average molecular weight is 478 g/mol. The van der Waals surface area contributed by atoms with Gasteiger partial charge in [0.2, 0.25) is 5.16 Å². The van der Waals surface area contributed by atoms with Gasteiger partial charge in [-0.25, -0.2) is 4.68 Å². The van der Waals surface area contributed by atoms with Crippen molar-refractivity contribution in [2.45, 2.75) is 25.2 Å². The van der Waals surface area contributed by atoms with Gasteiger partial charge in [0.05, 0.1) is 7.11 Å². The van der Waals surface area contributed by atoms with Crippen LogP contribution in [-0.2, 0) is 20.2 Å². The fraction of sp³-hybridized carbons (Fsp3) is 0.350. The van der Waals surface area contributed by atoms with E-state index in [0.717, 1.165) is 44.6 Å². The summed E-state index contributed by atoms with van der Waals surface area (Å²) in [6, 6.07) is 12.2. The lowest BCUT2D eigenvalue weighted by Crippen LogP contribution is -2.17. The van der Waals surface area contributed by atoms with Crippen molar-refractivity contribution in [2.24, 2.45) is 7.05 Å². The minimum Gasteiger partial charge on any atom is -0.493 e. The smallest absolute Gasteiger partial charge is 0.209 e. The summed E-state index contributed by atoms with van der Waals surface area (Å²) in [5.74, 6) is 2.32. The summed E-state index contributed by atoms with van der Waals surface area (Å²) in [5, 5.41) is 15.7. The molecule has 29 heavy (non-hydrogen) atoms. The molecule has 0 amide bonds. The van der Waals surface area contributed by atoms with Crippen LogP contribution in [-0.4, -0.2) is 39.6 Å². The normalized spacial score (nSPS) is 10.9. The Morgan fingerprint density at radius 3 is 2.72 bits per heavy atom. The van der Waals surface area contributed by atoms with Crippen molar-refractivity contribution in [1.29, 1.82) is 0 Å². The molecule has 1 aromatic heterocycles. The van der Waals surface area contributed by atoms with Crippen molar-refractivity contribution >= 4 is 27.7 Å². The molecule has 1 N–H and O–H groups in total. The number of rotatable bonds is 10. The van der Waals surface area contributed by atoms with E-state index in [9.17, 15) is 0 Å². The number of benzene rings is 2.